The second-order valence-electron chi connectivity index (χ2n) is 5.95. The molecule has 0 radical (unpaired) electrons. The van der Waals surface area contributed by atoms with Crippen molar-refractivity contribution in [2.45, 2.75) is 25.3 Å². The largest absolute Gasteiger partial charge is 0.379 e. The molecule has 2 fully saturated rings. The zero-order chi connectivity index (χ0) is 14.5. The molecule has 1 saturated carbocycles. The molecule has 1 N–H and O–H groups in total. The first-order valence-electron chi connectivity index (χ1n) is 7.99. The quantitative estimate of drug-likeness (QED) is 0.901. The average molecular weight is 288 g/mol. The van der Waals surface area contributed by atoms with E-state index in [2.05, 4.69) is 34.5 Å². The van der Waals surface area contributed by atoms with Gasteiger partial charge in [-0.3, -0.25) is 9.69 Å². The van der Waals surface area contributed by atoms with E-state index in [4.69, 9.17) is 4.74 Å². The zero-order valence-corrected chi connectivity index (χ0v) is 12.5. The van der Waals surface area contributed by atoms with Crippen LogP contribution in [-0.4, -0.2) is 43.7 Å². The van der Waals surface area contributed by atoms with Crippen molar-refractivity contribution in [2.75, 3.05) is 32.8 Å². The molecule has 1 aromatic carbocycles. The Morgan fingerprint density at radius 1 is 1.24 bits per heavy atom. The van der Waals surface area contributed by atoms with E-state index in [1.165, 1.54) is 12.0 Å². The second-order valence-corrected chi connectivity index (χ2v) is 5.95. The number of amides is 1. The summed E-state index contributed by atoms with van der Waals surface area (Å²) in [7, 11) is 0. The van der Waals surface area contributed by atoms with Gasteiger partial charge in [0.05, 0.1) is 19.3 Å². The fourth-order valence-corrected chi connectivity index (χ4v) is 3.03. The number of carbonyl (C=O) groups excluding carboxylic acids is 1. The molecule has 114 valence electrons. The number of nitrogens with one attached hydrogen (secondary N) is 1. The molecule has 1 heterocycles. The normalized spacial score (nSPS) is 21.5. The van der Waals surface area contributed by atoms with Crippen LogP contribution in [0.4, 0.5) is 0 Å². The minimum Gasteiger partial charge on any atom is -0.379 e. The van der Waals surface area contributed by atoms with Gasteiger partial charge in [-0.1, -0.05) is 36.8 Å². The third kappa shape index (κ3) is 3.63. The van der Waals surface area contributed by atoms with Gasteiger partial charge in [-0.2, -0.15) is 0 Å². The third-order valence-electron chi connectivity index (χ3n) is 4.62. The van der Waals surface area contributed by atoms with Gasteiger partial charge in [-0.25, -0.2) is 0 Å². The number of ether oxygens (including phenoxy) is 1. The number of rotatable bonds is 5. The molecule has 1 aliphatic heterocycles. The van der Waals surface area contributed by atoms with E-state index in [1.54, 1.807) is 0 Å². The van der Waals surface area contributed by atoms with Gasteiger partial charge in [0.25, 0.3) is 0 Å². The van der Waals surface area contributed by atoms with Crippen LogP contribution in [0.2, 0.25) is 0 Å². The van der Waals surface area contributed by atoms with Gasteiger partial charge in [-0.15, -0.1) is 0 Å². The Balaban J connectivity index is 1.64. The van der Waals surface area contributed by atoms with E-state index in [0.29, 0.717) is 6.54 Å². The summed E-state index contributed by atoms with van der Waals surface area (Å²) in [5.74, 6) is 0.488. The molecule has 1 amide bonds. The molecule has 1 aromatic rings. The van der Waals surface area contributed by atoms with Crippen LogP contribution < -0.4 is 5.32 Å². The van der Waals surface area contributed by atoms with Crippen LogP contribution in [0.5, 0.6) is 0 Å². The Morgan fingerprint density at radius 3 is 2.57 bits per heavy atom. The Morgan fingerprint density at radius 2 is 1.95 bits per heavy atom. The van der Waals surface area contributed by atoms with Crippen molar-refractivity contribution in [3.63, 3.8) is 0 Å². The van der Waals surface area contributed by atoms with Gasteiger partial charge < -0.3 is 10.1 Å². The van der Waals surface area contributed by atoms with Gasteiger partial charge in [0.1, 0.15) is 0 Å². The summed E-state index contributed by atoms with van der Waals surface area (Å²) in [5, 5.41) is 3.16. The highest BCUT2D eigenvalue weighted by molar-refractivity contribution is 5.79. The fourth-order valence-electron chi connectivity index (χ4n) is 3.03. The number of morpholine rings is 1. The van der Waals surface area contributed by atoms with Gasteiger partial charge >= 0.3 is 0 Å². The lowest BCUT2D eigenvalue weighted by atomic mass is 9.85. The summed E-state index contributed by atoms with van der Waals surface area (Å²) in [6.45, 7) is 4.11. The first-order valence-corrected chi connectivity index (χ1v) is 7.99. The van der Waals surface area contributed by atoms with Crippen LogP contribution in [0.3, 0.4) is 0 Å². The topological polar surface area (TPSA) is 41.6 Å². The molecule has 4 heteroatoms. The highest BCUT2D eigenvalue weighted by atomic mass is 16.5. The molecule has 0 aromatic heterocycles. The minimum absolute atomic E-state index is 0.232. The summed E-state index contributed by atoms with van der Waals surface area (Å²) in [6.07, 6.45) is 3.31. The van der Waals surface area contributed by atoms with Crippen LogP contribution in [0.15, 0.2) is 30.3 Å². The fraction of sp³-hybridized carbons (Fsp3) is 0.588. The van der Waals surface area contributed by atoms with E-state index in [9.17, 15) is 4.79 Å². The Bertz CT molecular complexity index is 453. The molecular weight excluding hydrogens is 264 g/mol. The predicted molar refractivity (Wildman–Crippen MR) is 81.9 cm³/mol. The molecular formula is C17H24N2O2. The van der Waals surface area contributed by atoms with E-state index < -0.39 is 0 Å². The first kappa shape index (κ1) is 14.5. The lowest BCUT2D eigenvalue weighted by Gasteiger charge is -2.35. The van der Waals surface area contributed by atoms with E-state index in [1.807, 2.05) is 6.07 Å². The second kappa shape index (κ2) is 7.05. The van der Waals surface area contributed by atoms with Crippen LogP contribution in [0.1, 0.15) is 30.9 Å². The molecule has 4 nitrogen and oxygen atoms in total. The maximum atomic E-state index is 12.1. The smallest absolute Gasteiger partial charge is 0.223 e. The molecule has 3 rings (SSSR count). The molecule has 1 atom stereocenters. The van der Waals surface area contributed by atoms with Crippen molar-refractivity contribution in [1.29, 1.82) is 0 Å². The van der Waals surface area contributed by atoms with Crippen molar-refractivity contribution in [2.24, 2.45) is 5.92 Å². The standard InChI is InChI=1S/C17H24N2O2/c20-17(15-7-4-8-15)18-13-16(14-5-2-1-3-6-14)19-9-11-21-12-10-19/h1-3,5-6,15-16H,4,7-13H2,(H,18,20)/t16-/m1/s1. The molecule has 1 saturated heterocycles. The van der Waals surface area contributed by atoms with Gasteiger partial charge in [-0.05, 0) is 18.4 Å². The maximum Gasteiger partial charge on any atom is 0.223 e. The van der Waals surface area contributed by atoms with Crippen LogP contribution >= 0.6 is 0 Å². The summed E-state index contributed by atoms with van der Waals surface area (Å²) >= 11 is 0. The number of benzene rings is 1. The Kier molecular flexibility index (Phi) is 4.88. The van der Waals surface area contributed by atoms with Crippen molar-refractivity contribution < 1.29 is 9.53 Å². The molecule has 0 unspecified atom stereocenters. The van der Waals surface area contributed by atoms with E-state index in [0.717, 1.165) is 39.1 Å². The van der Waals surface area contributed by atoms with Crippen LogP contribution in [0.25, 0.3) is 0 Å². The molecule has 2 aliphatic rings. The Labute approximate surface area is 126 Å². The van der Waals surface area contributed by atoms with Gasteiger partial charge in [0.2, 0.25) is 5.91 Å². The average Bonchev–Trinajstić information content (AvgIpc) is 2.48. The molecule has 0 spiro atoms. The molecule has 0 bridgehead atoms. The highest BCUT2D eigenvalue weighted by Gasteiger charge is 2.27. The number of hydrogen-bond donors (Lipinski definition) is 1. The number of nitrogens with zero attached hydrogens (tertiary/aromatic N) is 1. The third-order valence-corrected chi connectivity index (χ3v) is 4.62. The van der Waals surface area contributed by atoms with Crippen molar-refractivity contribution in [3.8, 4) is 0 Å². The number of hydrogen-bond acceptors (Lipinski definition) is 3. The highest BCUT2D eigenvalue weighted by Crippen LogP contribution is 2.27. The van der Waals surface area contributed by atoms with Crippen molar-refractivity contribution in [3.05, 3.63) is 35.9 Å². The van der Waals surface area contributed by atoms with E-state index in [-0.39, 0.29) is 17.9 Å². The Hall–Kier alpha value is -1.39. The minimum atomic E-state index is 0.232. The maximum absolute atomic E-state index is 12.1. The molecule has 1 aliphatic carbocycles. The van der Waals surface area contributed by atoms with Crippen LogP contribution in [-0.2, 0) is 9.53 Å². The predicted octanol–water partition coefficient (Wildman–Crippen LogP) is 1.98. The van der Waals surface area contributed by atoms with Crippen molar-refractivity contribution in [1.82, 2.24) is 10.2 Å². The zero-order valence-electron chi connectivity index (χ0n) is 12.5. The summed E-state index contributed by atoms with van der Waals surface area (Å²) < 4.78 is 5.45. The summed E-state index contributed by atoms with van der Waals surface area (Å²) in [6, 6.07) is 10.7. The lowest BCUT2D eigenvalue weighted by Crippen LogP contribution is -2.45. The molecule has 21 heavy (non-hydrogen) atoms. The van der Waals surface area contributed by atoms with E-state index >= 15 is 0 Å². The van der Waals surface area contributed by atoms with Crippen LogP contribution in [0, 0.1) is 5.92 Å². The van der Waals surface area contributed by atoms with Gasteiger partial charge in [0.15, 0.2) is 0 Å². The lowest BCUT2D eigenvalue weighted by molar-refractivity contribution is -0.127. The van der Waals surface area contributed by atoms with Crippen molar-refractivity contribution >= 4 is 5.91 Å². The first-order chi connectivity index (χ1) is 10.3. The monoisotopic (exact) mass is 288 g/mol. The SMILES string of the molecule is O=C(NC[C@H](c1ccccc1)N1CCOCC1)C1CCC1. The summed E-state index contributed by atoms with van der Waals surface area (Å²) in [5.41, 5.74) is 1.27. The summed E-state index contributed by atoms with van der Waals surface area (Å²) in [4.78, 5) is 14.5. The van der Waals surface area contributed by atoms with Gasteiger partial charge in [0, 0.05) is 25.6 Å². The number of carbonyl (C=O) groups is 1.